The van der Waals surface area contributed by atoms with Crippen LogP contribution >= 0.6 is 0 Å². The fourth-order valence-electron chi connectivity index (χ4n) is 10.7. The first-order valence-electron chi connectivity index (χ1n) is 25.1. The van der Waals surface area contributed by atoms with Crippen molar-refractivity contribution in [2.45, 2.75) is 131 Å². The molecule has 0 heterocycles. The van der Waals surface area contributed by atoms with Crippen LogP contribution in [-0.2, 0) is 39.0 Å². The maximum Gasteiger partial charge on any atom is 2.00 e. The number of hydrogen-bond acceptors (Lipinski definition) is 0. The molecule has 0 bridgehead atoms. The van der Waals surface area contributed by atoms with Crippen molar-refractivity contribution in [2.24, 2.45) is 11.8 Å². The second kappa shape index (κ2) is 24.1. The number of benzene rings is 6. The van der Waals surface area contributed by atoms with Crippen molar-refractivity contribution in [1.82, 2.24) is 0 Å². The van der Waals surface area contributed by atoms with Gasteiger partial charge in [0.15, 0.2) is 0 Å². The summed E-state index contributed by atoms with van der Waals surface area (Å²) in [5.74, 6) is 1.70. The van der Waals surface area contributed by atoms with E-state index in [4.69, 9.17) is 0 Å². The van der Waals surface area contributed by atoms with Crippen molar-refractivity contribution in [3.8, 4) is 44.5 Å². The molecule has 8 aromatic carbocycles. The zero-order valence-electron chi connectivity index (χ0n) is 40.9. The Kier molecular flexibility index (Phi) is 18.1. The third-order valence-electron chi connectivity index (χ3n) is 14.3. The van der Waals surface area contributed by atoms with Gasteiger partial charge in [-0.3, -0.25) is 0 Å². The first kappa shape index (κ1) is 49.5. The fraction of sp³-hybridized carbons (Fsp3) is 0.344. The molecule has 2 aliphatic carbocycles. The summed E-state index contributed by atoms with van der Waals surface area (Å²) < 4.78 is 0. The second-order valence-electron chi connectivity index (χ2n) is 19.8. The Labute approximate surface area is 420 Å². The zero-order valence-corrected chi connectivity index (χ0v) is 44.4. The third-order valence-corrected chi connectivity index (χ3v) is 14.3. The van der Waals surface area contributed by atoms with E-state index in [0.717, 1.165) is 21.4 Å². The van der Waals surface area contributed by atoms with Crippen molar-refractivity contribution in [2.75, 3.05) is 0 Å². The molecule has 2 aliphatic rings. The van der Waals surface area contributed by atoms with Gasteiger partial charge < -0.3 is 0 Å². The minimum absolute atomic E-state index is 0. The molecule has 2 fully saturated rings. The SMILES string of the molecule is C[Si]C.Cc1ccc(-c2ccc(-c3ccc(C)cc3)c3[cH-]c(CC4CCCCCC4)cc23)cc1.Cc1ccc(-c2ccc(-c3ccc(C)cc3)c3[cH-]c(CC4CCCCCC4)cc23)cc1.[Zr+2]. The van der Waals surface area contributed by atoms with Gasteiger partial charge in [0.25, 0.3) is 0 Å². The first-order valence-corrected chi connectivity index (χ1v) is 27.1. The van der Waals surface area contributed by atoms with Gasteiger partial charge in [-0.2, -0.15) is 12.1 Å². The van der Waals surface area contributed by atoms with Crippen molar-refractivity contribution in [1.29, 1.82) is 0 Å². The summed E-state index contributed by atoms with van der Waals surface area (Å²) in [6.07, 6.45) is 19.4. The van der Waals surface area contributed by atoms with Crippen LogP contribution < -0.4 is 0 Å². The van der Waals surface area contributed by atoms with E-state index in [1.54, 1.807) is 0 Å². The van der Waals surface area contributed by atoms with Crippen LogP contribution in [0.15, 0.2) is 146 Å². The molecule has 0 unspecified atom stereocenters. The Hall–Kier alpha value is -4.36. The van der Waals surface area contributed by atoms with Gasteiger partial charge in [0.1, 0.15) is 0 Å². The molecule has 66 heavy (non-hydrogen) atoms. The molecule has 8 aromatic rings. The van der Waals surface area contributed by atoms with E-state index in [-0.39, 0.29) is 26.2 Å². The Morgan fingerprint density at radius 3 is 0.924 bits per heavy atom. The fourth-order valence-corrected chi connectivity index (χ4v) is 10.7. The number of hydrogen-bond donors (Lipinski definition) is 0. The average Bonchev–Trinajstić information content (AvgIpc) is 3.72. The Balaban J connectivity index is 0.000000183. The first-order chi connectivity index (χ1) is 31.8. The molecule has 0 nitrogen and oxygen atoms in total. The van der Waals surface area contributed by atoms with Crippen molar-refractivity contribution in [3.63, 3.8) is 0 Å². The van der Waals surface area contributed by atoms with Crippen molar-refractivity contribution < 1.29 is 26.2 Å². The van der Waals surface area contributed by atoms with Crippen LogP contribution in [-0.4, -0.2) is 9.52 Å². The largest absolute Gasteiger partial charge is 2.00 e. The zero-order chi connectivity index (χ0) is 45.1. The van der Waals surface area contributed by atoms with Gasteiger partial charge in [0, 0.05) is 9.52 Å². The third kappa shape index (κ3) is 12.6. The quantitative estimate of drug-likeness (QED) is 0.0809. The molecular formula is C64H72SiZr. The molecule has 0 saturated heterocycles. The molecule has 0 aromatic heterocycles. The molecule has 0 aliphatic heterocycles. The van der Waals surface area contributed by atoms with Crippen molar-refractivity contribution in [3.05, 3.63) is 179 Å². The molecule has 336 valence electrons. The predicted octanol–water partition coefficient (Wildman–Crippen LogP) is 18.8. The van der Waals surface area contributed by atoms with E-state index in [2.05, 4.69) is 186 Å². The Morgan fingerprint density at radius 2 is 0.636 bits per heavy atom. The maximum atomic E-state index is 2.49. The average molecular weight is 961 g/mol. The molecule has 0 N–H and O–H groups in total. The summed E-state index contributed by atoms with van der Waals surface area (Å²) in [5, 5.41) is 5.63. The molecule has 0 spiro atoms. The second-order valence-corrected chi connectivity index (χ2v) is 20.8. The molecule has 2 radical (unpaired) electrons. The normalized spacial score (nSPS) is 14.6. The van der Waals surface area contributed by atoms with E-state index in [0.29, 0.717) is 0 Å². The van der Waals surface area contributed by atoms with Gasteiger partial charge in [0.2, 0.25) is 0 Å². The standard InChI is InChI=1S/2C31H33.C2H6Si.Zr/c2*1-22-9-13-26(14-10-22)28-17-18-29(27-15-11-23(2)12-16-27)31-21-25(20-30(28)31)19-24-7-5-3-4-6-8-24;1-3-2;/h2*9-18,20-21,24H,3-8,19H2,1-2H3;1-2H3;/q2*-1;;+2. The summed E-state index contributed by atoms with van der Waals surface area (Å²) in [7, 11) is 1.08. The summed E-state index contributed by atoms with van der Waals surface area (Å²) >= 11 is 0. The van der Waals surface area contributed by atoms with Gasteiger partial charge in [-0.1, -0.05) is 267 Å². The van der Waals surface area contributed by atoms with Crippen LogP contribution in [0.1, 0.15) is 110 Å². The van der Waals surface area contributed by atoms with Gasteiger partial charge in [-0.05, 0) is 63.5 Å². The predicted molar refractivity (Wildman–Crippen MR) is 287 cm³/mol. The number of fused-ring (bicyclic) bond motifs is 2. The number of aryl methyl sites for hydroxylation is 4. The molecule has 2 heteroatoms. The van der Waals surface area contributed by atoms with Crippen LogP contribution in [0.4, 0.5) is 0 Å². The Morgan fingerprint density at radius 1 is 0.379 bits per heavy atom. The van der Waals surface area contributed by atoms with Gasteiger partial charge in [-0.25, -0.2) is 0 Å². The van der Waals surface area contributed by atoms with Crippen LogP contribution in [0.2, 0.25) is 13.1 Å². The van der Waals surface area contributed by atoms with Crippen LogP contribution in [0.25, 0.3) is 66.1 Å². The summed E-state index contributed by atoms with van der Waals surface area (Å²) in [4.78, 5) is 0. The molecule has 2 saturated carbocycles. The van der Waals surface area contributed by atoms with Gasteiger partial charge in [0.05, 0.1) is 0 Å². The minimum Gasteiger partial charge on any atom is -0.164 e. The topological polar surface area (TPSA) is 0 Å². The van der Waals surface area contributed by atoms with Crippen LogP contribution in [0.5, 0.6) is 0 Å². The smallest absolute Gasteiger partial charge is 0.164 e. The van der Waals surface area contributed by atoms with Crippen LogP contribution in [0, 0.1) is 39.5 Å². The van der Waals surface area contributed by atoms with Crippen molar-refractivity contribution >= 4 is 31.1 Å². The molecular weight excluding hydrogens is 888 g/mol. The van der Waals surface area contributed by atoms with Gasteiger partial charge in [-0.15, -0.1) is 44.8 Å². The van der Waals surface area contributed by atoms with Gasteiger partial charge >= 0.3 is 26.2 Å². The Bertz CT molecular complexity index is 2350. The molecule has 0 amide bonds. The van der Waals surface area contributed by atoms with Crippen LogP contribution in [0.3, 0.4) is 0 Å². The van der Waals surface area contributed by atoms with E-state index in [1.807, 2.05) is 0 Å². The van der Waals surface area contributed by atoms with E-state index in [1.165, 1.54) is 189 Å². The monoisotopic (exact) mass is 958 g/mol. The summed E-state index contributed by atoms with van der Waals surface area (Å²) in [6, 6.07) is 55.3. The maximum absolute atomic E-state index is 2.49. The summed E-state index contributed by atoms with van der Waals surface area (Å²) in [6.45, 7) is 12.9. The summed E-state index contributed by atoms with van der Waals surface area (Å²) in [5.41, 5.74) is 19.0. The molecule has 10 rings (SSSR count). The minimum atomic E-state index is 0. The van der Waals surface area contributed by atoms with E-state index < -0.39 is 0 Å². The molecule has 0 atom stereocenters. The van der Waals surface area contributed by atoms with E-state index >= 15 is 0 Å². The van der Waals surface area contributed by atoms with E-state index in [9.17, 15) is 0 Å². The number of rotatable bonds is 8.